The van der Waals surface area contributed by atoms with E-state index in [4.69, 9.17) is 9.97 Å². The van der Waals surface area contributed by atoms with Crippen LogP contribution in [0.5, 0.6) is 0 Å². The van der Waals surface area contributed by atoms with Crippen LogP contribution in [0.4, 0.5) is 5.82 Å². The second-order valence-electron chi connectivity index (χ2n) is 8.28. The fourth-order valence-corrected chi connectivity index (χ4v) is 5.94. The molecular formula is C21H28N4S. The Morgan fingerprint density at radius 3 is 2.42 bits per heavy atom. The highest BCUT2D eigenvalue weighted by Gasteiger charge is 2.35. The van der Waals surface area contributed by atoms with Crippen LogP contribution in [0, 0.1) is 25.7 Å². The van der Waals surface area contributed by atoms with Crippen LogP contribution >= 0.6 is 11.3 Å². The first-order valence-electron chi connectivity index (χ1n) is 10.1. The van der Waals surface area contributed by atoms with Gasteiger partial charge in [0.1, 0.15) is 16.5 Å². The van der Waals surface area contributed by atoms with E-state index >= 15 is 0 Å². The van der Waals surface area contributed by atoms with Gasteiger partial charge in [0, 0.05) is 18.0 Å². The van der Waals surface area contributed by atoms with E-state index in [0.29, 0.717) is 0 Å². The topological polar surface area (TPSA) is 32.3 Å². The molecule has 138 valence electrons. The maximum Gasteiger partial charge on any atom is 0.146 e. The van der Waals surface area contributed by atoms with Gasteiger partial charge in [0.05, 0.1) is 11.9 Å². The molecule has 0 radical (unpaired) electrons. The minimum absolute atomic E-state index is 0.798. The van der Waals surface area contributed by atoms with Crippen molar-refractivity contribution in [3.05, 3.63) is 28.4 Å². The van der Waals surface area contributed by atoms with Gasteiger partial charge in [0.25, 0.3) is 0 Å². The molecule has 5 rings (SSSR count). The molecule has 2 fully saturated rings. The Morgan fingerprint density at radius 1 is 1.04 bits per heavy atom. The molecule has 1 aliphatic carbocycles. The summed E-state index contributed by atoms with van der Waals surface area (Å²) in [7, 11) is 0. The van der Waals surface area contributed by atoms with Gasteiger partial charge in [-0.15, -0.1) is 11.3 Å². The molecule has 4 nitrogen and oxygen atoms in total. The van der Waals surface area contributed by atoms with Crippen LogP contribution in [0.1, 0.15) is 41.9 Å². The number of allylic oxidation sites excluding steroid dienone is 2. The van der Waals surface area contributed by atoms with Crippen LogP contribution in [0.25, 0.3) is 10.2 Å². The zero-order valence-electron chi connectivity index (χ0n) is 15.9. The first-order valence-corrected chi connectivity index (χ1v) is 10.9. The first kappa shape index (κ1) is 16.7. The Kier molecular flexibility index (Phi) is 4.24. The fraction of sp³-hybridized carbons (Fsp3) is 0.619. The van der Waals surface area contributed by atoms with Gasteiger partial charge in [-0.3, -0.25) is 4.90 Å². The van der Waals surface area contributed by atoms with Crippen molar-refractivity contribution in [2.75, 3.05) is 31.1 Å². The van der Waals surface area contributed by atoms with Crippen LogP contribution in [-0.2, 0) is 6.54 Å². The summed E-state index contributed by atoms with van der Waals surface area (Å²) in [4.78, 5) is 17.8. The van der Waals surface area contributed by atoms with Crippen LogP contribution in [0.3, 0.4) is 0 Å². The van der Waals surface area contributed by atoms with Crippen LogP contribution in [0.15, 0.2) is 12.2 Å². The van der Waals surface area contributed by atoms with Gasteiger partial charge in [0.15, 0.2) is 0 Å². The fourth-order valence-electron chi connectivity index (χ4n) is 4.90. The van der Waals surface area contributed by atoms with E-state index in [1.165, 1.54) is 65.2 Å². The Labute approximate surface area is 159 Å². The summed E-state index contributed by atoms with van der Waals surface area (Å²) in [6.07, 6.45) is 9.84. The zero-order chi connectivity index (χ0) is 17.7. The standard InChI is InChI=1S/C21H28N4S/c1-14-15(2)26-21-19(14)20(22-18(23-21)13-24-9-5-6-10-24)25-11-16-7-3-4-8-17(16)12-25/h3-4,16-17H,5-13H2,1-2H3. The van der Waals surface area contributed by atoms with Crippen molar-refractivity contribution < 1.29 is 0 Å². The first-order chi connectivity index (χ1) is 12.7. The van der Waals surface area contributed by atoms with E-state index in [1.807, 2.05) is 11.3 Å². The maximum absolute atomic E-state index is 5.14. The van der Waals surface area contributed by atoms with E-state index in [-0.39, 0.29) is 0 Å². The SMILES string of the molecule is Cc1sc2nc(CN3CCCC3)nc(N3CC4CC=CCC4C3)c2c1C. The number of rotatable bonds is 3. The average molecular weight is 369 g/mol. The molecule has 0 aromatic carbocycles. The summed E-state index contributed by atoms with van der Waals surface area (Å²) in [5.41, 5.74) is 1.38. The summed E-state index contributed by atoms with van der Waals surface area (Å²) in [5, 5.41) is 1.31. The Balaban J connectivity index is 1.53. The third kappa shape index (κ3) is 2.85. The molecule has 0 spiro atoms. The van der Waals surface area contributed by atoms with Crippen molar-refractivity contribution in [1.82, 2.24) is 14.9 Å². The van der Waals surface area contributed by atoms with Crippen LogP contribution in [-0.4, -0.2) is 41.0 Å². The molecule has 0 bridgehead atoms. The Bertz CT molecular complexity index is 833. The summed E-state index contributed by atoms with van der Waals surface area (Å²) >= 11 is 1.84. The molecular weight excluding hydrogens is 340 g/mol. The minimum Gasteiger partial charge on any atom is -0.355 e. The monoisotopic (exact) mass is 368 g/mol. The Morgan fingerprint density at radius 2 is 1.73 bits per heavy atom. The number of likely N-dealkylation sites (tertiary alicyclic amines) is 1. The quantitative estimate of drug-likeness (QED) is 0.756. The van der Waals surface area contributed by atoms with E-state index < -0.39 is 0 Å². The normalized spacial score (nSPS) is 26.2. The van der Waals surface area contributed by atoms with E-state index in [0.717, 1.165) is 37.3 Å². The molecule has 26 heavy (non-hydrogen) atoms. The minimum atomic E-state index is 0.798. The molecule has 2 saturated heterocycles. The predicted octanol–water partition coefficient (Wildman–Crippen LogP) is 4.31. The molecule has 2 aromatic rings. The highest BCUT2D eigenvalue weighted by atomic mass is 32.1. The molecule has 0 amide bonds. The van der Waals surface area contributed by atoms with Gasteiger partial charge in [-0.1, -0.05) is 12.2 Å². The number of hydrogen-bond acceptors (Lipinski definition) is 5. The molecule has 2 unspecified atom stereocenters. The molecule has 0 saturated carbocycles. The van der Waals surface area contributed by atoms with E-state index in [2.05, 4.69) is 35.8 Å². The van der Waals surface area contributed by atoms with Gasteiger partial charge in [-0.05, 0) is 70.0 Å². The molecule has 5 heteroatoms. The number of hydrogen-bond donors (Lipinski definition) is 0. The summed E-state index contributed by atoms with van der Waals surface area (Å²) in [5.74, 6) is 3.82. The Hall–Kier alpha value is -1.46. The lowest BCUT2D eigenvalue weighted by Gasteiger charge is -2.21. The number of anilines is 1. The highest BCUT2D eigenvalue weighted by molar-refractivity contribution is 7.18. The van der Waals surface area contributed by atoms with Crippen molar-refractivity contribution in [3.63, 3.8) is 0 Å². The van der Waals surface area contributed by atoms with Gasteiger partial charge in [0.2, 0.25) is 0 Å². The lowest BCUT2D eigenvalue weighted by molar-refractivity contribution is 0.323. The van der Waals surface area contributed by atoms with E-state index in [9.17, 15) is 0 Å². The number of thiophene rings is 1. The van der Waals surface area contributed by atoms with Crippen molar-refractivity contribution in [3.8, 4) is 0 Å². The second kappa shape index (κ2) is 6.61. The smallest absolute Gasteiger partial charge is 0.146 e. The van der Waals surface area contributed by atoms with Crippen LogP contribution in [0.2, 0.25) is 0 Å². The molecule has 2 aromatic heterocycles. The average Bonchev–Trinajstić information content (AvgIpc) is 3.34. The third-order valence-electron chi connectivity index (χ3n) is 6.54. The predicted molar refractivity (Wildman–Crippen MR) is 109 cm³/mol. The van der Waals surface area contributed by atoms with E-state index in [1.54, 1.807) is 0 Å². The zero-order valence-corrected chi connectivity index (χ0v) is 16.7. The molecule has 0 N–H and O–H groups in total. The van der Waals surface area contributed by atoms with Crippen molar-refractivity contribution in [1.29, 1.82) is 0 Å². The molecule has 4 heterocycles. The third-order valence-corrected chi connectivity index (χ3v) is 7.64. The van der Waals surface area contributed by atoms with Crippen molar-refractivity contribution in [2.45, 2.75) is 46.1 Å². The summed E-state index contributed by atoms with van der Waals surface area (Å²) < 4.78 is 0. The summed E-state index contributed by atoms with van der Waals surface area (Å²) in [6.45, 7) is 10.1. The largest absolute Gasteiger partial charge is 0.355 e. The number of nitrogens with zero attached hydrogens (tertiary/aromatic N) is 4. The maximum atomic E-state index is 5.14. The second-order valence-corrected chi connectivity index (χ2v) is 9.48. The molecule has 3 aliphatic rings. The summed E-state index contributed by atoms with van der Waals surface area (Å²) in [6, 6.07) is 0. The molecule has 2 atom stereocenters. The number of fused-ring (bicyclic) bond motifs is 2. The van der Waals surface area contributed by atoms with Gasteiger partial charge in [-0.25, -0.2) is 9.97 Å². The lowest BCUT2D eigenvalue weighted by Crippen LogP contribution is -2.24. The van der Waals surface area contributed by atoms with Gasteiger partial charge in [-0.2, -0.15) is 0 Å². The van der Waals surface area contributed by atoms with Crippen molar-refractivity contribution in [2.24, 2.45) is 11.8 Å². The molecule has 2 aliphatic heterocycles. The number of aryl methyl sites for hydroxylation is 2. The van der Waals surface area contributed by atoms with Gasteiger partial charge < -0.3 is 4.90 Å². The van der Waals surface area contributed by atoms with Gasteiger partial charge >= 0.3 is 0 Å². The van der Waals surface area contributed by atoms with Crippen molar-refractivity contribution >= 4 is 27.4 Å². The highest BCUT2D eigenvalue weighted by Crippen LogP contribution is 2.40. The number of aromatic nitrogens is 2. The van der Waals surface area contributed by atoms with Crippen LogP contribution < -0.4 is 4.90 Å². The lowest BCUT2D eigenvalue weighted by atomic mass is 9.86.